The van der Waals surface area contributed by atoms with Gasteiger partial charge in [-0.3, -0.25) is 0 Å². The average Bonchev–Trinajstić information content (AvgIpc) is 2.29. The third kappa shape index (κ3) is 1.99. The molecule has 0 saturated carbocycles. The Morgan fingerprint density at radius 3 is 2.67 bits per heavy atom. The average molecular weight is 264 g/mol. The minimum atomic E-state index is -0.660. The van der Waals surface area contributed by atoms with Crippen molar-refractivity contribution in [1.82, 2.24) is 5.53 Å². The highest BCUT2D eigenvalue weighted by molar-refractivity contribution is 9.12. The molecule has 1 aromatic carbocycles. The number of hydrogen-bond donors (Lipinski definition) is 0. The second-order valence-corrected chi connectivity index (χ2v) is 3.89. The fourth-order valence-corrected chi connectivity index (χ4v) is 1.97. The number of allylic oxidation sites excluding steroid dienone is 2. The first-order valence-electron chi connectivity index (χ1n) is 4.44. The first-order chi connectivity index (χ1) is 7.33. The lowest BCUT2D eigenvalue weighted by Gasteiger charge is -2.19. The van der Waals surface area contributed by atoms with Crippen LogP contribution in [0.5, 0.6) is 0 Å². The number of halogens is 1. The molecule has 15 heavy (non-hydrogen) atoms. The van der Waals surface area contributed by atoms with Gasteiger partial charge in [-0.25, -0.2) is 0 Å². The molecule has 0 bridgehead atoms. The van der Waals surface area contributed by atoms with Gasteiger partial charge >= 0.3 is 0 Å². The number of rotatable bonds is 2. The molecule has 0 N–H and O–H groups in total. The van der Waals surface area contributed by atoms with Crippen molar-refractivity contribution in [2.45, 2.75) is 6.23 Å². The summed E-state index contributed by atoms with van der Waals surface area (Å²) in [7, 11) is 0. The van der Waals surface area contributed by atoms with Gasteiger partial charge in [0.05, 0.1) is 6.26 Å². The fraction of sp³-hybridized carbons (Fsp3) is 0.0909. The SMILES string of the molecule is [N]=NC1OC=CC(Br)=C1c1ccccc1. The summed E-state index contributed by atoms with van der Waals surface area (Å²) in [5.74, 6) is 0. The normalized spacial score (nSPS) is 19.9. The summed E-state index contributed by atoms with van der Waals surface area (Å²) in [6.07, 6.45) is 2.62. The minimum Gasteiger partial charge on any atom is -0.470 e. The molecule has 0 aliphatic carbocycles. The van der Waals surface area contributed by atoms with Crippen molar-refractivity contribution in [2.75, 3.05) is 0 Å². The van der Waals surface area contributed by atoms with Crippen LogP contribution in [0.25, 0.3) is 5.57 Å². The molecule has 1 aliphatic rings. The molecule has 1 heterocycles. The lowest BCUT2D eigenvalue weighted by Crippen LogP contribution is -2.13. The maximum Gasteiger partial charge on any atom is 0.237 e. The maximum atomic E-state index is 8.85. The Morgan fingerprint density at radius 2 is 2.00 bits per heavy atom. The molecule has 0 saturated heterocycles. The van der Waals surface area contributed by atoms with E-state index in [-0.39, 0.29) is 0 Å². The molecule has 1 radical (unpaired) electrons. The Morgan fingerprint density at radius 1 is 1.27 bits per heavy atom. The number of ether oxygens (including phenoxy) is 1. The zero-order valence-corrected chi connectivity index (χ0v) is 9.39. The first kappa shape index (κ1) is 10.1. The lowest BCUT2D eigenvalue weighted by molar-refractivity contribution is 0.193. The molecule has 2 rings (SSSR count). The van der Waals surface area contributed by atoms with E-state index in [1.54, 1.807) is 6.08 Å². The molecular weight excluding hydrogens is 256 g/mol. The van der Waals surface area contributed by atoms with E-state index in [9.17, 15) is 0 Å². The van der Waals surface area contributed by atoms with E-state index >= 15 is 0 Å². The van der Waals surface area contributed by atoms with Crippen LogP contribution in [0.4, 0.5) is 0 Å². The molecule has 1 aromatic rings. The summed E-state index contributed by atoms with van der Waals surface area (Å²) in [5.41, 5.74) is 10.6. The van der Waals surface area contributed by atoms with Crippen molar-refractivity contribution < 1.29 is 4.74 Å². The van der Waals surface area contributed by atoms with E-state index in [0.29, 0.717) is 0 Å². The number of hydrogen-bond acceptors (Lipinski definition) is 2. The maximum absolute atomic E-state index is 8.85. The standard InChI is InChI=1S/C11H8BrN2O/c12-9-6-7-15-11(14-13)10(9)8-4-2-1-3-5-8/h1-7,11H. The fourth-order valence-electron chi connectivity index (χ4n) is 1.43. The van der Waals surface area contributed by atoms with Crippen molar-refractivity contribution in [3.8, 4) is 0 Å². The molecule has 1 atom stereocenters. The van der Waals surface area contributed by atoms with E-state index in [1.165, 1.54) is 6.26 Å². The van der Waals surface area contributed by atoms with Crippen LogP contribution in [0.3, 0.4) is 0 Å². The van der Waals surface area contributed by atoms with Crippen LogP contribution in [0.2, 0.25) is 0 Å². The zero-order valence-electron chi connectivity index (χ0n) is 7.80. The van der Waals surface area contributed by atoms with E-state index < -0.39 is 6.23 Å². The van der Waals surface area contributed by atoms with E-state index in [0.717, 1.165) is 15.6 Å². The highest BCUT2D eigenvalue weighted by Crippen LogP contribution is 2.32. The summed E-state index contributed by atoms with van der Waals surface area (Å²) < 4.78 is 6.04. The second kappa shape index (κ2) is 4.40. The van der Waals surface area contributed by atoms with Gasteiger partial charge in [-0.15, -0.1) is 5.11 Å². The van der Waals surface area contributed by atoms with Gasteiger partial charge in [0.2, 0.25) is 6.23 Å². The van der Waals surface area contributed by atoms with Crippen LogP contribution in [-0.2, 0) is 4.74 Å². The Labute approximate surface area is 96.1 Å². The Bertz CT molecular complexity index is 425. The van der Waals surface area contributed by atoms with Gasteiger partial charge in [-0.05, 0) is 17.2 Å². The molecule has 0 amide bonds. The molecule has 3 nitrogen and oxygen atoms in total. The molecule has 0 fully saturated rings. The molecule has 0 aromatic heterocycles. The van der Waals surface area contributed by atoms with Crippen LogP contribution in [0.1, 0.15) is 5.56 Å². The van der Waals surface area contributed by atoms with Gasteiger partial charge in [0.1, 0.15) is 0 Å². The van der Waals surface area contributed by atoms with Gasteiger partial charge in [-0.1, -0.05) is 46.3 Å². The Hall–Kier alpha value is -1.42. The number of benzene rings is 1. The van der Waals surface area contributed by atoms with Gasteiger partial charge in [0, 0.05) is 10.1 Å². The van der Waals surface area contributed by atoms with Gasteiger partial charge in [0.25, 0.3) is 0 Å². The van der Waals surface area contributed by atoms with Crippen molar-refractivity contribution >= 4 is 21.5 Å². The summed E-state index contributed by atoms with van der Waals surface area (Å²) in [4.78, 5) is 0. The summed E-state index contributed by atoms with van der Waals surface area (Å²) in [6.45, 7) is 0. The highest BCUT2D eigenvalue weighted by atomic mass is 79.9. The van der Waals surface area contributed by atoms with Crippen LogP contribution in [-0.4, -0.2) is 6.23 Å². The van der Waals surface area contributed by atoms with Crippen molar-refractivity contribution in [2.24, 2.45) is 5.11 Å². The predicted octanol–water partition coefficient (Wildman–Crippen LogP) is 2.91. The summed E-state index contributed by atoms with van der Waals surface area (Å²) >= 11 is 3.41. The largest absolute Gasteiger partial charge is 0.470 e. The van der Waals surface area contributed by atoms with Crippen molar-refractivity contribution in [3.63, 3.8) is 0 Å². The third-order valence-electron chi connectivity index (χ3n) is 2.12. The monoisotopic (exact) mass is 263 g/mol. The van der Waals surface area contributed by atoms with Crippen LogP contribution < -0.4 is 5.53 Å². The zero-order chi connectivity index (χ0) is 10.7. The van der Waals surface area contributed by atoms with Crippen LogP contribution >= 0.6 is 15.9 Å². The molecule has 4 heteroatoms. The quantitative estimate of drug-likeness (QED) is 0.757. The second-order valence-electron chi connectivity index (χ2n) is 3.03. The molecule has 0 spiro atoms. The minimum absolute atomic E-state index is 0.660. The summed E-state index contributed by atoms with van der Waals surface area (Å²) in [6, 6.07) is 9.67. The van der Waals surface area contributed by atoms with Gasteiger partial charge < -0.3 is 4.74 Å². The lowest BCUT2D eigenvalue weighted by atomic mass is 10.0. The van der Waals surface area contributed by atoms with Crippen molar-refractivity contribution in [1.29, 1.82) is 0 Å². The van der Waals surface area contributed by atoms with Gasteiger partial charge in [0.15, 0.2) is 0 Å². The van der Waals surface area contributed by atoms with Crippen LogP contribution in [0.15, 0.2) is 52.3 Å². The van der Waals surface area contributed by atoms with E-state index in [1.807, 2.05) is 30.3 Å². The Balaban J connectivity index is 2.48. The predicted molar refractivity (Wildman–Crippen MR) is 60.9 cm³/mol. The third-order valence-corrected chi connectivity index (χ3v) is 2.81. The first-order valence-corrected chi connectivity index (χ1v) is 5.23. The molecular formula is C11H8BrN2O. The van der Waals surface area contributed by atoms with Gasteiger partial charge in [-0.2, -0.15) is 0 Å². The highest BCUT2D eigenvalue weighted by Gasteiger charge is 2.21. The molecule has 75 valence electrons. The number of nitrogens with zero attached hydrogens (tertiary/aromatic N) is 2. The van der Waals surface area contributed by atoms with Crippen LogP contribution in [0, 0.1) is 0 Å². The van der Waals surface area contributed by atoms with Crippen molar-refractivity contribution in [3.05, 3.63) is 52.7 Å². The molecule has 1 unspecified atom stereocenters. The topological polar surface area (TPSA) is 43.9 Å². The van der Waals surface area contributed by atoms with E-state index in [4.69, 9.17) is 10.3 Å². The van der Waals surface area contributed by atoms with E-state index in [2.05, 4.69) is 21.0 Å². The molecule has 1 aliphatic heterocycles. The Kier molecular flexibility index (Phi) is 2.97. The smallest absolute Gasteiger partial charge is 0.237 e. The summed E-state index contributed by atoms with van der Waals surface area (Å²) in [5, 5.41) is 3.19.